The first-order valence-electron chi connectivity index (χ1n) is 8.34. The van der Waals surface area contributed by atoms with Crippen LogP contribution in [0.25, 0.3) is 0 Å². The Kier molecular flexibility index (Phi) is 6.16. The highest BCUT2D eigenvalue weighted by molar-refractivity contribution is 5.96. The van der Waals surface area contributed by atoms with Crippen molar-refractivity contribution in [2.75, 3.05) is 11.9 Å². The van der Waals surface area contributed by atoms with Gasteiger partial charge in [0.05, 0.1) is 6.10 Å². The van der Waals surface area contributed by atoms with E-state index in [1.54, 1.807) is 0 Å². The first-order chi connectivity index (χ1) is 11.0. The Labute approximate surface area is 137 Å². The predicted octanol–water partition coefficient (Wildman–Crippen LogP) is 2.10. The fourth-order valence-corrected chi connectivity index (χ4v) is 2.73. The maximum atomic E-state index is 12.1. The van der Waals surface area contributed by atoms with Crippen LogP contribution in [-0.4, -0.2) is 29.6 Å². The van der Waals surface area contributed by atoms with Gasteiger partial charge in [0.15, 0.2) is 0 Å². The summed E-state index contributed by atoms with van der Waals surface area (Å²) in [4.78, 5) is 24.0. The first-order valence-corrected chi connectivity index (χ1v) is 8.34. The van der Waals surface area contributed by atoms with Gasteiger partial charge in [-0.1, -0.05) is 38.5 Å². The smallest absolute Gasteiger partial charge is 0.227 e. The standard InChI is InChI=1S/C18H26N2O3/c1-3-12(2)16(21)11-19-17(22)9-8-14-10-13-6-4-5-7-15(13)20-18(14)23/h4-7,12,14,16,21H,3,8-11H2,1-2H3,(H,19,22)(H,20,23). The van der Waals surface area contributed by atoms with Gasteiger partial charge in [0.2, 0.25) is 11.8 Å². The number of benzene rings is 1. The summed E-state index contributed by atoms with van der Waals surface area (Å²) < 4.78 is 0. The van der Waals surface area contributed by atoms with Crippen LogP contribution in [0, 0.1) is 11.8 Å². The van der Waals surface area contributed by atoms with Crippen molar-refractivity contribution >= 4 is 17.5 Å². The molecule has 126 valence electrons. The number of carbonyl (C=O) groups excluding carboxylic acids is 2. The highest BCUT2D eigenvalue weighted by Gasteiger charge is 2.26. The molecular weight excluding hydrogens is 292 g/mol. The van der Waals surface area contributed by atoms with Crippen LogP contribution in [0.5, 0.6) is 0 Å². The number of aliphatic hydroxyl groups is 1. The molecule has 0 spiro atoms. The summed E-state index contributed by atoms with van der Waals surface area (Å²) in [5.74, 6) is -0.138. The fourth-order valence-electron chi connectivity index (χ4n) is 2.73. The van der Waals surface area contributed by atoms with E-state index in [1.165, 1.54) is 0 Å². The maximum absolute atomic E-state index is 12.1. The lowest BCUT2D eigenvalue weighted by Gasteiger charge is -2.24. The van der Waals surface area contributed by atoms with Gasteiger partial charge in [0.25, 0.3) is 0 Å². The van der Waals surface area contributed by atoms with Gasteiger partial charge < -0.3 is 15.7 Å². The number of hydrogen-bond donors (Lipinski definition) is 3. The van der Waals surface area contributed by atoms with Gasteiger partial charge in [-0.25, -0.2) is 0 Å². The molecule has 3 atom stereocenters. The molecule has 0 fully saturated rings. The molecule has 0 aromatic heterocycles. The topological polar surface area (TPSA) is 78.4 Å². The second-order valence-corrected chi connectivity index (χ2v) is 6.34. The van der Waals surface area contributed by atoms with Crippen LogP contribution < -0.4 is 10.6 Å². The summed E-state index contributed by atoms with van der Waals surface area (Å²) in [5, 5.41) is 15.5. The van der Waals surface area contributed by atoms with E-state index in [4.69, 9.17) is 0 Å². The third-order valence-corrected chi connectivity index (χ3v) is 4.64. The van der Waals surface area contributed by atoms with Crippen molar-refractivity contribution in [1.29, 1.82) is 0 Å². The third-order valence-electron chi connectivity index (χ3n) is 4.64. The average molecular weight is 318 g/mol. The van der Waals surface area contributed by atoms with E-state index in [0.29, 0.717) is 19.3 Å². The molecule has 1 aliphatic heterocycles. The van der Waals surface area contributed by atoms with Gasteiger partial charge in [-0.05, 0) is 30.4 Å². The zero-order valence-electron chi connectivity index (χ0n) is 13.8. The van der Waals surface area contributed by atoms with Gasteiger partial charge in [-0.3, -0.25) is 9.59 Å². The van der Waals surface area contributed by atoms with Crippen molar-refractivity contribution in [2.45, 2.75) is 45.6 Å². The van der Waals surface area contributed by atoms with Crippen LogP contribution in [0.1, 0.15) is 38.7 Å². The van der Waals surface area contributed by atoms with Crippen molar-refractivity contribution in [3.8, 4) is 0 Å². The van der Waals surface area contributed by atoms with E-state index < -0.39 is 6.10 Å². The number of anilines is 1. The molecule has 2 rings (SSSR count). The summed E-state index contributed by atoms with van der Waals surface area (Å²) in [6.07, 6.45) is 1.84. The second kappa shape index (κ2) is 8.11. The Balaban J connectivity index is 1.78. The Morgan fingerprint density at radius 1 is 1.43 bits per heavy atom. The third kappa shape index (κ3) is 4.79. The Hall–Kier alpha value is -1.88. The van der Waals surface area contributed by atoms with Gasteiger partial charge in [0.1, 0.15) is 0 Å². The molecule has 2 amide bonds. The molecule has 1 heterocycles. The molecule has 1 aliphatic rings. The number of hydrogen-bond acceptors (Lipinski definition) is 3. The van der Waals surface area contributed by atoms with E-state index in [1.807, 2.05) is 38.1 Å². The Morgan fingerprint density at radius 2 is 2.17 bits per heavy atom. The fraction of sp³-hybridized carbons (Fsp3) is 0.556. The van der Waals surface area contributed by atoms with Crippen molar-refractivity contribution in [2.24, 2.45) is 11.8 Å². The molecule has 1 aromatic rings. The van der Waals surface area contributed by atoms with Crippen molar-refractivity contribution in [3.63, 3.8) is 0 Å². The van der Waals surface area contributed by atoms with E-state index in [9.17, 15) is 14.7 Å². The van der Waals surface area contributed by atoms with Crippen LogP contribution in [0.4, 0.5) is 5.69 Å². The first kappa shape index (κ1) is 17.5. The summed E-state index contributed by atoms with van der Waals surface area (Å²) >= 11 is 0. The van der Waals surface area contributed by atoms with Crippen LogP contribution in [0.3, 0.4) is 0 Å². The van der Waals surface area contributed by atoms with Crippen LogP contribution in [0.2, 0.25) is 0 Å². The van der Waals surface area contributed by atoms with Crippen LogP contribution >= 0.6 is 0 Å². The van der Waals surface area contributed by atoms with Crippen LogP contribution in [-0.2, 0) is 16.0 Å². The summed E-state index contributed by atoms with van der Waals surface area (Å²) in [5.41, 5.74) is 1.99. The largest absolute Gasteiger partial charge is 0.391 e. The molecule has 1 aromatic carbocycles. The molecule has 0 aliphatic carbocycles. The zero-order valence-corrected chi connectivity index (χ0v) is 13.8. The Bertz CT molecular complexity index is 559. The van der Waals surface area contributed by atoms with Crippen molar-refractivity contribution in [3.05, 3.63) is 29.8 Å². The van der Waals surface area contributed by atoms with Crippen LogP contribution in [0.15, 0.2) is 24.3 Å². The number of rotatable bonds is 7. The number of aliphatic hydroxyl groups excluding tert-OH is 1. The summed E-state index contributed by atoms with van der Waals surface area (Å²) in [6, 6.07) is 7.75. The van der Waals surface area contributed by atoms with E-state index in [0.717, 1.165) is 17.7 Å². The number of nitrogens with one attached hydrogen (secondary N) is 2. The summed E-state index contributed by atoms with van der Waals surface area (Å²) in [6.45, 7) is 4.24. The van der Waals surface area contributed by atoms with E-state index >= 15 is 0 Å². The molecule has 0 saturated heterocycles. The van der Waals surface area contributed by atoms with Gasteiger partial charge >= 0.3 is 0 Å². The number of fused-ring (bicyclic) bond motifs is 1. The molecule has 3 unspecified atom stereocenters. The quantitative estimate of drug-likeness (QED) is 0.720. The molecule has 23 heavy (non-hydrogen) atoms. The molecule has 0 saturated carbocycles. The highest BCUT2D eigenvalue weighted by Crippen LogP contribution is 2.27. The van der Waals surface area contributed by atoms with E-state index in [2.05, 4.69) is 10.6 Å². The molecule has 0 bridgehead atoms. The van der Waals surface area contributed by atoms with Crippen molar-refractivity contribution < 1.29 is 14.7 Å². The minimum absolute atomic E-state index is 0.0175. The SMILES string of the molecule is CCC(C)C(O)CNC(=O)CCC1Cc2ccccc2NC1=O. The van der Waals surface area contributed by atoms with E-state index in [-0.39, 0.29) is 30.2 Å². The molecule has 5 heteroatoms. The van der Waals surface area contributed by atoms with Gasteiger partial charge in [-0.15, -0.1) is 0 Å². The van der Waals surface area contributed by atoms with Crippen molar-refractivity contribution in [1.82, 2.24) is 5.32 Å². The molecule has 5 nitrogen and oxygen atoms in total. The monoisotopic (exact) mass is 318 g/mol. The lowest BCUT2D eigenvalue weighted by atomic mass is 9.89. The number of para-hydroxylation sites is 1. The highest BCUT2D eigenvalue weighted by atomic mass is 16.3. The minimum Gasteiger partial charge on any atom is -0.391 e. The number of carbonyl (C=O) groups is 2. The second-order valence-electron chi connectivity index (χ2n) is 6.34. The minimum atomic E-state index is -0.520. The van der Waals surface area contributed by atoms with Gasteiger partial charge in [-0.2, -0.15) is 0 Å². The normalized spacial score (nSPS) is 19.4. The summed E-state index contributed by atoms with van der Waals surface area (Å²) in [7, 11) is 0. The van der Waals surface area contributed by atoms with Gasteiger partial charge in [0, 0.05) is 24.6 Å². The molecule has 3 N–H and O–H groups in total. The Morgan fingerprint density at radius 3 is 2.91 bits per heavy atom. The lowest BCUT2D eigenvalue weighted by Crippen LogP contribution is -2.36. The maximum Gasteiger partial charge on any atom is 0.227 e. The molecular formula is C18H26N2O3. The average Bonchev–Trinajstić information content (AvgIpc) is 2.56. The number of amides is 2. The molecule has 0 radical (unpaired) electrons. The lowest BCUT2D eigenvalue weighted by molar-refractivity contribution is -0.123. The predicted molar refractivity (Wildman–Crippen MR) is 90.0 cm³/mol. The zero-order chi connectivity index (χ0) is 16.8.